The molecule has 0 spiro atoms. The molecular weight excluding hydrogens is 254 g/mol. The molecule has 1 aliphatic rings. The summed E-state index contributed by atoms with van der Waals surface area (Å²) in [6, 6.07) is 5.62. The van der Waals surface area contributed by atoms with E-state index in [4.69, 9.17) is 5.73 Å². The van der Waals surface area contributed by atoms with Crippen LogP contribution in [0.25, 0.3) is 0 Å². The third-order valence-electron chi connectivity index (χ3n) is 4.36. The molecule has 0 amide bonds. The SMILES string of the molecule is CCC(N)C(c1cccs1)N(C)CC1CCCN1C. The predicted molar refractivity (Wildman–Crippen MR) is 83.6 cm³/mol. The first-order chi connectivity index (χ1) is 9.13. The first kappa shape index (κ1) is 15.0. The van der Waals surface area contributed by atoms with Gasteiger partial charge in [0.15, 0.2) is 0 Å². The zero-order chi connectivity index (χ0) is 13.8. The molecule has 3 unspecified atom stereocenters. The molecule has 2 N–H and O–H groups in total. The summed E-state index contributed by atoms with van der Waals surface area (Å²) in [5, 5.41) is 2.15. The summed E-state index contributed by atoms with van der Waals surface area (Å²) in [7, 11) is 4.47. The van der Waals surface area contributed by atoms with Crippen molar-refractivity contribution in [2.24, 2.45) is 5.73 Å². The maximum Gasteiger partial charge on any atom is 0.0591 e. The molecule has 4 heteroatoms. The van der Waals surface area contributed by atoms with Crippen LogP contribution in [0.1, 0.15) is 37.1 Å². The van der Waals surface area contributed by atoms with E-state index in [0.717, 1.165) is 13.0 Å². The maximum atomic E-state index is 6.37. The molecule has 0 saturated carbocycles. The fraction of sp³-hybridized carbons (Fsp3) is 0.733. The van der Waals surface area contributed by atoms with Gasteiger partial charge in [0.2, 0.25) is 0 Å². The molecule has 1 fully saturated rings. The predicted octanol–water partition coefficient (Wildman–Crippen LogP) is 2.55. The highest BCUT2D eigenvalue weighted by molar-refractivity contribution is 7.10. The Balaban J connectivity index is 2.05. The van der Waals surface area contributed by atoms with Crippen LogP contribution in [0.4, 0.5) is 0 Å². The maximum absolute atomic E-state index is 6.37. The standard InChI is InChI=1S/C15H27N3S/c1-4-13(16)15(14-8-6-10-19-14)18(3)11-12-7-5-9-17(12)2/h6,8,10,12-13,15H,4-5,7,9,11,16H2,1-3H3. The second kappa shape index (κ2) is 6.84. The van der Waals surface area contributed by atoms with Gasteiger partial charge in [0.05, 0.1) is 6.04 Å². The molecule has 2 heterocycles. The van der Waals surface area contributed by atoms with Crippen LogP contribution >= 0.6 is 11.3 Å². The first-order valence-corrected chi connectivity index (χ1v) is 8.21. The molecular formula is C15H27N3S. The molecule has 1 saturated heterocycles. The number of thiophene rings is 1. The lowest BCUT2D eigenvalue weighted by Gasteiger charge is -2.34. The Bertz CT molecular complexity index is 365. The van der Waals surface area contributed by atoms with Gasteiger partial charge in [-0.1, -0.05) is 13.0 Å². The van der Waals surface area contributed by atoms with Gasteiger partial charge in [-0.2, -0.15) is 0 Å². The van der Waals surface area contributed by atoms with Gasteiger partial charge in [-0.3, -0.25) is 4.90 Å². The van der Waals surface area contributed by atoms with Crippen LogP contribution in [0.3, 0.4) is 0 Å². The molecule has 1 aromatic rings. The average molecular weight is 281 g/mol. The zero-order valence-electron chi connectivity index (χ0n) is 12.4. The molecule has 0 aromatic carbocycles. The zero-order valence-corrected chi connectivity index (χ0v) is 13.2. The van der Waals surface area contributed by atoms with Crippen molar-refractivity contribution in [2.75, 3.05) is 27.2 Å². The number of hydrogen-bond acceptors (Lipinski definition) is 4. The lowest BCUT2D eigenvalue weighted by Crippen LogP contribution is -2.44. The molecule has 0 radical (unpaired) electrons. The van der Waals surface area contributed by atoms with Crippen molar-refractivity contribution in [1.82, 2.24) is 9.80 Å². The molecule has 0 bridgehead atoms. The first-order valence-electron chi connectivity index (χ1n) is 7.33. The highest BCUT2D eigenvalue weighted by atomic mass is 32.1. The van der Waals surface area contributed by atoms with E-state index in [1.54, 1.807) is 0 Å². The van der Waals surface area contributed by atoms with Crippen LogP contribution < -0.4 is 5.73 Å². The molecule has 0 aliphatic carbocycles. The Kier molecular flexibility index (Phi) is 5.39. The number of nitrogens with zero attached hydrogens (tertiary/aromatic N) is 2. The smallest absolute Gasteiger partial charge is 0.0591 e. The van der Waals surface area contributed by atoms with E-state index in [1.165, 1.54) is 24.3 Å². The molecule has 1 aliphatic heterocycles. The molecule has 19 heavy (non-hydrogen) atoms. The second-order valence-corrected chi connectivity index (χ2v) is 6.73. The Labute approximate surface area is 121 Å². The highest BCUT2D eigenvalue weighted by Gasteiger charge is 2.28. The Morgan fingerprint density at radius 1 is 1.58 bits per heavy atom. The van der Waals surface area contributed by atoms with Crippen LogP contribution in [-0.4, -0.2) is 49.1 Å². The van der Waals surface area contributed by atoms with Gasteiger partial charge >= 0.3 is 0 Å². The van der Waals surface area contributed by atoms with Crippen LogP contribution in [0.15, 0.2) is 17.5 Å². The topological polar surface area (TPSA) is 32.5 Å². The number of likely N-dealkylation sites (N-methyl/N-ethyl adjacent to an activating group) is 2. The average Bonchev–Trinajstić information content (AvgIpc) is 3.03. The van der Waals surface area contributed by atoms with E-state index in [0.29, 0.717) is 12.1 Å². The lowest BCUT2D eigenvalue weighted by atomic mass is 10.0. The molecule has 1 aromatic heterocycles. The van der Waals surface area contributed by atoms with E-state index in [-0.39, 0.29) is 6.04 Å². The van der Waals surface area contributed by atoms with Crippen molar-refractivity contribution in [2.45, 2.75) is 44.3 Å². The van der Waals surface area contributed by atoms with Gasteiger partial charge in [0.1, 0.15) is 0 Å². The number of nitrogens with two attached hydrogens (primary N) is 1. The quantitative estimate of drug-likeness (QED) is 0.870. The summed E-state index contributed by atoms with van der Waals surface area (Å²) in [6.07, 6.45) is 3.67. The van der Waals surface area contributed by atoms with Gasteiger partial charge in [0.25, 0.3) is 0 Å². The van der Waals surface area contributed by atoms with Gasteiger partial charge in [-0.05, 0) is 51.3 Å². The van der Waals surface area contributed by atoms with Gasteiger partial charge in [-0.25, -0.2) is 0 Å². The summed E-state index contributed by atoms with van der Waals surface area (Å²) in [4.78, 5) is 6.35. The van der Waals surface area contributed by atoms with Gasteiger partial charge in [0, 0.05) is 23.5 Å². The second-order valence-electron chi connectivity index (χ2n) is 5.75. The molecule has 3 nitrogen and oxygen atoms in total. The monoisotopic (exact) mass is 281 g/mol. The summed E-state index contributed by atoms with van der Waals surface area (Å²) in [5.41, 5.74) is 6.37. The fourth-order valence-electron chi connectivity index (χ4n) is 3.09. The van der Waals surface area contributed by atoms with E-state index >= 15 is 0 Å². The summed E-state index contributed by atoms with van der Waals surface area (Å²) in [6.45, 7) is 4.54. The van der Waals surface area contributed by atoms with Gasteiger partial charge < -0.3 is 10.6 Å². The summed E-state index contributed by atoms with van der Waals surface area (Å²) in [5.74, 6) is 0. The molecule has 3 atom stereocenters. The van der Waals surface area contributed by atoms with E-state index in [2.05, 4.69) is 48.3 Å². The van der Waals surface area contributed by atoms with Gasteiger partial charge in [-0.15, -0.1) is 11.3 Å². The number of rotatable bonds is 6. The summed E-state index contributed by atoms with van der Waals surface area (Å²) >= 11 is 1.83. The Morgan fingerprint density at radius 2 is 2.37 bits per heavy atom. The van der Waals surface area contributed by atoms with E-state index < -0.39 is 0 Å². The minimum absolute atomic E-state index is 0.218. The Hall–Kier alpha value is -0.420. The summed E-state index contributed by atoms with van der Waals surface area (Å²) < 4.78 is 0. The largest absolute Gasteiger partial charge is 0.326 e. The number of likely N-dealkylation sites (tertiary alicyclic amines) is 1. The van der Waals surface area contributed by atoms with Crippen molar-refractivity contribution in [3.05, 3.63) is 22.4 Å². The third kappa shape index (κ3) is 3.57. The van der Waals surface area contributed by atoms with E-state index in [1.807, 2.05) is 11.3 Å². The van der Waals surface area contributed by atoms with Crippen LogP contribution in [-0.2, 0) is 0 Å². The minimum atomic E-state index is 0.218. The lowest BCUT2D eigenvalue weighted by molar-refractivity contribution is 0.159. The van der Waals surface area contributed by atoms with Crippen molar-refractivity contribution >= 4 is 11.3 Å². The van der Waals surface area contributed by atoms with Crippen molar-refractivity contribution < 1.29 is 0 Å². The normalized spacial score (nSPS) is 23.9. The van der Waals surface area contributed by atoms with E-state index in [9.17, 15) is 0 Å². The third-order valence-corrected chi connectivity index (χ3v) is 5.30. The van der Waals surface area contributed by atoms with Crippen molar-refractivity contribution in [3.8, 4) is 0 Å². The van der Waals surface area contributed by atoms with Crippen LogP contribution in [0, 0.1) is 0 Å². The molecule has 2 rings (SSSR count). The van der Waals surface area contributed by atoms with Crippen molar-refractivity contribution in [3.63, 3.8) is 0 Å². The fourth-order valence-corrected chi connectivity index (χ4v) is 4.06. The Morgan fingerprint density at radius 3 is 2.89 bits per heavy atom. The van der Waals surface area contributed by atoms with Crippen LogP contribution in [0.5, 0.6) is 0 Å². The van der Waals surface area contributed by atoms with Crippen molar-refractivity contribution in [1.29, 1.82) is 0 Å². The molecule has 108 valence electrons. The van der Waals surface area contributed by atoms with Crippen LogP contribution in [0.2, 0.25) is 0 Å². The highest BCUT2D eigenvalue weighted by Crippen LogP contribution is 2.29. The minimum Gasteiger partial charge on any atom is -0.326 e. The number of hydrogen-bond donors (Lipinski definition) is 1.